The van der Waals surface area contributed by atoms with E-state index in [2.05, 4.69) is 33.9 Å². The number of amides is 1. The molecule has 1 fully saturated rings. The first-order chi connectivity index (χ1) is 12.7. The van der Waals surface area contributed by atoms with E-state index in [1.165, 1.54) is 12.0 Å². The van der Waals surface area contributed by atoms with Crippen LogP contribution in [0.5, 0.6) is 0 Å². The van der Waals surface area contributed by atoms with Crippen LogP contribution in [0.15, 0.2) is 16.4 Å². The van der Waals surface area contributed by atoms with E-state index < -0.39 is 0 Å². The van der Waals surface area contributed by atoms with Crippen LogP contribution in [0, 0.1) is 0 Å². The lowest BCUT2D eigenvalue weighted by atomic mass is 10.1. The maximum atomic E-state index is 11.4. The molecule has 26 heavy (non-hydrogen) atoms. The fourth-order valence-corrected chi connectivity index (χ4v) is 4.54. The highest BCUT2D eigenvalue weighted by atomic mass is 32.1. The number of rotatable bonds is 5. The molecule has 144 valence electrons. The molecule has 6 nitrogen and oxygen atoms in total. The summed E-state index contributed by atoms with van der Waals surface area (Å²) in [6.45, 7) is 10.3. The first-order valence-corrected chi connectivity index (χ1v) is 10.6. The third-order valence-corrected chi connectivity index (χ3v) is 6.22. The van der Waals surface area contributed by atoms with Gasteiger partial charge in [-0.3, -0.25) is 14.7 Å². The zero-order valence-corrected chi connectivity index (χ0v) is 16.8. The number of fused-ring (bicyclic) bond motifs is 1. The molecule has 0 aliphatic carbocycles. The van der Waals surface area contributed by atoms with Crippen molar-refractivity contribution in [2.75, 3.05) is 39.3 Å². The van der Waals surface area contributed by atoms with Gasteiger partial charge in [-0.25, -0.2) is 0 Å². The lowest BCUT2D eigenvalue weighted by molar-refractivity contribution is -0.129. The molecule has 2 aliphatic rings. The minimum atomic E-state index is 0.180. The van der Waals surface area contributed by atoms with E-state index in [9.17, 15) is 4.79 Å². The number of hydrogen-bond donors (Lipinski definition) is 2. The molecule has 0 spiro atoms. The largest absolute Gasteiger partial charge is 0.357 e. The molecule has 1 saturated heterocycles. The maximum absolute atomic E-state index is 11.4. The summed E-state index contributed by atoms with van der Waals surface area (Å²) in [6, 6.07) is 2.65. The summed E-state index contributed by atoms with van der Waals surface area (Å²) in [6.07, 6.45) is 3.14. The van der Waals surface area contributed by atoms with Crippen molar-refractivity contribution in [3.63, 3.8) is 0 Å². The number of guanidine groups is 1. The number of hydrogen-bond acceptors (Lipinski definition) is 4. The first kappa shape index (κ1) is 19.2. The Kier molecular flexibility index (Phi) is 6.91. The van der Waals surface area contributed by atoms with Gasteiger partial charge in [0.15, 0.2) is 5.96 Å². The summed E-state index contributed by atoms with van der Waals surface area (Å²) in [4.78, 5) is 22.2. The molecular formula is C19H31N5OS. The van der Waals surface area contributed by atoms with Gasteiger partial charge < -0.3 is 15.5 Å². The van der Waals surface area contributed by atoms with Gasteiger partial charge in [0.25, 0.3) is 0 Å². The molecule has 3 heterocycles. The minimum absolute atomic E-state index is 0.180. The van der Waals surface area contributed by atoms with E-state index in [-0.39, 0.29) is 5.91 Å². The molecule has 0 bridgehead atoms. The summed E-state index contributed by atoms with van der Waals surface area (Å²) in [5, 5.41) is 9.11. The number of aliphatic imine (C=N–C) groups is 1. The summed E-state index contributed by atoms with van der Waals surface area (Å²) in [5.74, 6) is 1.08. The second-order valence-electron chi connectivity index (χ2n) is 7.08. The number of nitrogens with one attached hydrogen (secondary N) is 2. The van der Waals surface area contributed by atoms with E-state index in [1.807, 2.05) is 16.2 Å². The van der Waals surface area contributed by atoms with Crippen LogP contribution in [-0.4, -0.2) is 67.0 Å². The Hall–Kier alpha value is -1.60. The second kappa shape index (κ2) is 9.37. The molecular weight excluding hydrogens is 346 g/mol. The normalized spacial score (nSPS) is 19.3. The van der Waals surface area contributed by atoms with E-state index in [0.717, 1.165) is 64.6 Å². The number of piperidine rings is 1. The average Bonchev–Trinajstić information content (AvgIpc) is 3.10. The highest BCUT2D eigenvalue weighted by molar-refractivity contribution is 7.10. The topological polar surface area (TPSA) is 60.0 Å². The Morgan fingerprint density at radius 2 is 2.15 bits per heavy atom. The summed E-state index contributed by atoms with van der Waals surface area (Å²) >= 11 is 1.89. The highest BCUT2D eigenvalue weighted by Crippen LogP contribution is 2.23. The van der Waals surface area contributed by atoms with Gasteiger partial charge in [0.2, 0.25) is 5.91 Å². The molecule has 1 aromatic heterocycles. The van der Waals surface area contributed by atoms with Crippen molar-refractivity contribution in [2.45, 2.75) is 45.7 Å². The van der Waals surface area contributed by atoms with Crippen LogP contribution in [0.3, 0.4) is 0 Å². The zero-order chi connectivity index (χ0) is 18.4. The van der Waals surface area contributed by atoms with Crippen molar-refractivity contribution in [1.29, 1.82) is 0 Å². The fraction of sp³-hybridized carbons (Fsp3) is 0.684. The lowest BCUT2D eigenvalue weighted by Gasteiger charge is -2.32. The van der Waals surface area contributed by atoms with Gasteiger partial charge >= 0.3 is 0 Å². The van der Waals surface area contributed by atoms with Gasteiger partial charge in [0.05, 0.1) is 6.54 Å². The number of thiophene rings is 1. The molecule has 0 atom stereocenters. The predicted octanol–water partition coefficient (Wildman–Crippen LogP) is 1.67. The Morgan fingerprint density at radius 3 is 2.88 bits per heavy atom. The molecule has 0 saturated carbocycles. The van der Waals surface area contributed by atoms with E-state index in [0.29, 0.717) is 6.04 Å². The predicted molar refractivity (Wildman–Crippen MR) is 108 cm³/mol. The Morgan fingerprint density at radius 1 is 1.35 bits per heavy atom. The maximum Gasteiger partial charge on any atom is 0.219 e. The minimum Gasteiger partial charge on any atom is -0.357 e. The summed E-state index contributed by atoms with van der Waals surface area (Å²) in [5.41, 5.74) is 1.49. The molecule has 2 aliphatic heterocycles. The van der Waals surface area contributed by atoms with Crippen molar-refractivity contribution in [3.05, 3.63) is 21.9 Å². The summed E-state index contributed by atoms with van der Waals surface area (Å²) in [7, 11) is 0. The number of carbonyl (C=O) groups excluding carboxylic acids is 1. The third kappa shape index (κ3) is 5.20. The Labute approximate surface area is 160 Å². The molecule has 1 aromatic rings. The quantitative estimate of drug-likeness (QED) is 0.605. The van der Waals surface area contributed by atoms with Crippen LogP contribution >= 0.6 is 11.3 Å². The fourth-order valence-electron chi connectivity index (χ4n) is 3.65. The second-order valence-corrected chi connectivity index (χ2v) is 8.08. The monoisotopic (exact) mass is 377 g/mol. The highest BCUT2D eigenvalue weighted by Gasteiger charge is 2.21. The van der Waals surface area contributed by atoms with Crippen molar-refractivity contribution in [3.8, 4) is 0 Å². The van der Waals surface area contributed by atoms with Gasteiger partial charge in [0, 0.05) is 57.1 Å². The standard InChI is InChI=1S/C19H31N5OS/c1-3-20-19(22-17-4-10-24(11-5-17)15(2)25)21-8-12-23-9-6-18-16(14-23)7-13-26-18/h7,13,17H,3-6,8-12,14H2,1-2H3,(H2,20,21,22). The van der Waals surface area contributed by atoms with Gasteiger partial charge in [0.1, 0.15) is 0 Å². The lowest BCUT2D eigenvalue weighted by Crippen LogP contribution is -2.49. The van der Waals surface area contributed by atoms with E-state index >= 15 is 0 Å². The smallest absolute Gasteiger partial charge is 0.219 e. The van der Waals surface area contributed by atoms with Gasteiger partial charge in [-0.1, -0.05) is 0 Å². The van der Waals surface area contributed by atoms with Crippen molar-refractivity contribution in [2.24, 2.45) is 4.99 Å². The van der Waals surface area contributed by atoms with E-state index in [1.54, 1.807) is 11.8 Å². The van der Waals surface area contributed by atoms with Crippen molar-refractivity contribution < 1.29 is 4.79 Å². The summed E-state index contributed by atoms with van der Waals surface area (Å²) < 4.78 is 0. The average molecular weight is 378 g/mol. The molecule has 0 radical (unpaired) electrons. The van der Waals surface area contributed by atoms with Crippen LogP contribution in [0.2, 0.25) is 0 Å². The van der Waals surface area contributed by atoms with Gasteiger partial charge in [-0.2, -0.15) is 0 Å². The number of carbonyl (C=O) groups is 1. The van der Waals surface area contributed by atoms with E-state index in [4.69, 9.17) is 4.99 Å². The van der Waals surface area contributed by atoms with Gasteiger partial charge in [-0.05, 0) is 43.2 Å². The molecule has 1 amide bonds. The molecule has 7 heteroatoms. The van der Waals surface area contributed by atoms with Crippen LogP contribution in [0.4, 0.5) is 0 Å². The van der Waals surface area contributed by atoms with Crippen LogP contribution in [0.1, 0.15) is 37.1 Å². The number of nitrogens with zero attached hydrogens (tertiary/aromatic N) is 3. The van der Waals surface area contributed by atoms with Crippen molar-refractivity contribution >= 4 is 23.2 Å². The number of likely N-dealkylation sites (tertiary alicyclic amines) is 1. The van der Waals surface area contributed by atoms with Crippen LogP contribution < -0.4 is 10.6 Å². The SMILES string of the molecule is CCNC(=NCCN1CCc2sccc2C1)NC1CCN(C(C)=O)CC1. The molecule has 0 aromatic carbocycles. The molecule has 3 rings (SSSR count). The van der Waals surface area contributed by atoms with Crippen molar-refractivity contribution in [1.82, 2.24) is 20.4 Å². The Bertz CT molecular complexity index is 621. The van der Waals surface area contributed by atoms with Crippen LogP contribution in [-0.2, 0) is 17.8 Å². The zero-order valence-electron chi connectivity index (χ0n) is 16.0. The third-order valence-electron chi connectivity index (χ3n) is 5.20. The molecule has 2 N–H and O–H groups in total. The first-order valence-electron chi connectivity index (χ1n) is 9.73. The molecule has 0 unspecified atom stereocenters. The Balaban J connectivity index is 1.45. The van der Waals surface area contributed by atoms with Crippen LogP contribution in [0.25, 0.3) is 0 Å². The van der Waals surface area contributed by atoms with Gasteiger partial charge in [-0.15, -0.1) is 11.3 Å².